The standard InChI is InChI=1S/C19H24N4O4/c1-4-9-19(10-5-2)17(24)23(18(25)21-19)12-15-20-16(22-27-15)13-7-6-8-14(11-13)26-3/h6-8,11H,4-5,9-10,12H2,1-3H3,(H,21,25). The number of rotatable bonds is 8. The maximum Gasteiger partial charge on any atom is 0.325 e. The monoisotopic (exact) mass is 372 g/mol. The Morgan fingerprint density at radius 1 is 1.22 bits per heavy atom. The average molecular weight is 372 g/mol. The van der Waals surface area contributed by atoms with Crippen molar-refractivity contribution in [1.29, 1.82) is 0 Å². The number of imide groups is 1. The van der Waals surface area contributed by atoms with Gasteiger partial charge in [0.1, 0.15) is 17.8 Å². The summed E-state index contributed by atoms with van der Waals surface area (Å²) >= 11 is 0. The maximum absolute atomic E-state index is 12.9. The highest BCUT2D eigenvalue weighted by atomic mass is 16.5. The van der Waals surface area contributed by atoms with Gasteiger partial charge >= 0.3 is 6.03 Å². The third-order valence-corrected chi connectivity index (χ3v) is 4.69. The number of benzene rings is 1. The van der Waals surface area contributed by atoms with E-state index in [1.54, 1.807) is 13.2 Å². The van der Waals surface area contributed by atoms with Gasteiger partial charge in [-0.15, -0.1) is 0 Å². The van der Waals surface area contributed by atoms with Gasteiger partial charge in [0.2, 0.25) is 11.7 Å². The Kier molecular flexibility index (Phi) is 5.43. The van der Waals surface area contributed by atoms with Crippen molar-refractivity contribution in [2.75, 3.05) is 7.11 Å². The summed E-state index contributed by atoms with van der Waals surface area (Å²) < 4.78 is 10.5. The van der Waals surface area contributed by atoms with E-state index in [0.29, 0.717) is 24.4 Å². The van der Waals surface area contributed by atoms with Crippen molar-refractivity contribution in [3.05, 3.63) is 30.2 Å². The minimum Gasteiger partial charge on any atom is -0.497 e. The lowest BCUT2D eigenvalue weighted by Crippen LogP contribution is -2.46. The van der Waals surface area contributed by atoms with E-state index >= 15 is 0 Å². The molecule has 0 atom stereocenters. The minimum atomic E-state index is -0.823. The molecular formula is C19H24N4O4. The van der Waals surface area contributed by atoms with E-state index < -0.39 is 11.6 Å². The van der Waals surface area contributed by atoms with Crippen LogP contribution in [0.2, 0.25) is 0 Å². The largest absolute Gasteiger partial charge is 0.497 e. The first-order valence-electron chi connectivity index (χ1n) is 9.14. The quantitative estimate of drug-likeness (QED) is 0.715. The highest BCUT2D eigenvalue weighted by molar-refractivity contribution is 6.06. The second kappa shape index (κ2) is 7.77. The highest BCUT2D eigenvalue weighted by Gasteiger charge is 2.50. The molecule has 0 radical (unpaired) electrons. The summed E-state index contributed by atoms with van der Waals surface area (Å²) in [6.45, 7) is 3.95. The van der Waals surface area contributed by atoms with Crippen LogP contribution in [0.1, 0.15) is 45.4 Å². The zero-order valence-corrected chi connectivity index (χ0v) is 15.8. The van der Waals surface area contributed by atoms with E-state index in [1.807, 2.05) is 32.0 Å². The van der Waals surface area contributed by atoms with Crippen LogP contribution < -0.4 is 10.1 Å². The van der Waals surface area contributed by atoms with Gasteiger partial charge in [-0.25, -0.2) is 4.79 Å². The van der Waals surface area contributed by atoms with Crippen molar-refractivity contribution < 1.29 is 18.8 Å². The molecule has 1 saturated heterocycles. The number of nitrogens with one attached hydrogen (secondary N) is 1. The highest BCUT2D eigenvalue weighted by Crippen LogP contribution is 2.29. The molecule has 1 aromatic heterocycles. The van der Waals surface area contributed by atoms with E-state index in [9.17, 15) is 9.59 Å². The first-order chi connectivity index (χ1) is 13.0. The lowest BCUT2D eigenvalue weighted by molar-refractivity contribution is -0.132. The summed E-state index contributed by atoms with van der Waals surface area (Å²) in [5, 5.41) is 6.83. The summed E-state index contributed by atoms with van der Waals surface area (Å²) in [5.41, 5.74) is -0.0937. The van der Waals surface area contributed by atoms with Crippen LogP contribution in [-0.4, -0.2) is 39.6 Å². The Hall–Kier alpha value is -2.90. The fourth-order valence-corrected chi connectivity index (χ4v) is 3.47. The summed E-state index contributed by atoms with van der Waals surface area (Å²) in [6, 6.07) is 6.85. The molecule has 0 aliphatic carbocycles. The fourth-order valence-electron chi connectivity index (χ4n) is 3.47. The van der Waals surface area contributed by atoms with Crippen LogP contribution in [0.25, 0.3) is 11.4 Å². The Balaban J connectivity index is 1.78. The predicted octanol–water partition coefficient (Wildman–Crippen LogP) is 3.14. The molecule has 1 N–H and O–H groups in total. The topological polar surface area (TPSA) is 97.6 Å². The van der Waals surface area contributed by atoms with Crippen LogP contribution in [0.3, 0.4) is 0 Å². The summed E-state index contributed by atoms with van der Waals surface area (Å²) in [4.78, 5) is 30.8. The summed E-state index contributed by atoms with van der Waals surface area (Å²) in [7, 11) is 1.58. The van der Waals surface area contributed by atoms with Crippen LogP contribution in [0.4, 0.5) is 4.79 Å². The van der Waals surface area contributed by atoms with Gasteiger partial charge in [-0.3, -0.25) is 9.69 Å². The first kappa shape index (κ1) is 18.9. The molecule has 0 unspecified atom stereocenters. The molecule has 0 spiro atoms. The third kappa shape index (κ3) is 3.65. The van der Waals surface area contributed by atoms with E-state index in [-0.39, 0.29) is 18.3 Å². The smallest absolute Gasteiger partial charge is 0.325 e. The Labute approximate surface area is 157 Å². The van der Waals surface area contributed by atoms with E-state index in [1.165, 1.54) is 0 Å². The molecule has 1 fully saturated rings. The van der Waals surface area contributed by atoms with Crippen molar-refractivity contribution in [1.82, 2.24) is 20.4 Å². The first-order valence-corrected chi connectivity index (χ1v) is 9.14. The number of amides is 3. The molecular weight excluding hydrogens is 348 g/mol. The third-order valence-electron chi connectivity index (χ3n) is 4.69. The van der Waals surface area contributed by atoms with Crippen LogP contribution in [0, 0.1) is 0 Å². The van der Waals surface area contributed by atoms with Crippen LogP contribution >= 0.6 is 0 Å². The van der Waals surface area contributed by atoms with Gasteiger partial charge in [0, 0.05) is 5.56 Å². The molecule has 1 aliphatic rings. The lowest BCUT2D eigenvalue weighted by Gasteiger charge is -2.25. The Morgan fingerprint density at radius 2 is 1.96 bits per heavy atom. The van der Waals surface area contributed by atoms with Crippen molar-refractivity contribution in [2.45, 2.75) is 51.6 Å². The molecule has 8 nitrogen and oxygen atoms in total. The number of aromatic nitrogens is 2. The predicted molar refractivity (Wildman–Crippen MR) is 97.9 cm³/mol. The number of urea groups is 1. The normalized spacial score (nSPS) is 15.9. The van der Waals surface area contributed by atoms with Gasteiger partial charge in [0.15, 0.2) is 0 Å². The number of nitrogens with zero attached hydrogens (tertiary/aromatic N) is 3. The van der Waals surface area contributed by atoms with Gasteiger partial charge < -0.3 is 14.6 Å². The van der Waals surface area contributed by atoms with Crippen LogP contribution in [0.5, 0.6) is 5.75 Å². The zero-order valence-electron chi connectivity index (χ0n) is 15.8. The molecule has 0 saturated carbocycles. The molecule has 2 heterocycles. The van der Waals surface area contributed by atoms with Gasteiger partial charge in [-0.2, -0.15) is 4.98 Å². The summed E-state index contributed by atoms with van der Waals surface area (Å²) in [6.07, 6.45) is 2.84. The van der Waals surface area contributed by atoms with Crippen molar-refractivity contribution in [2.24, 2.45) is 0 Å². The molecule has 1 aromatic carbocycles. The van der Waals surface area contributed by atoms with Crippen molar-refractivity contribution in [3.63, 3.8) is 0 Å². The Bertz CT molecular complexity index is 827. The minimum absolute atomic E-state index is 0.0448. The van der Waals surface area contributed by atoms with Gasteiger partial charge in [0.25, 0.3) is 5.91 Å². The van der Waals surface area contributed by atoms with Crippen molar-refractivity contribution in [3.8, 4) is 17.1 Å². The van der Waals surface area contributed by atoms with Gasteiger partial charge in [-0.1, -0.05) is 44.0 Å². The van der Waals surface area contributed by atoms with Crippen molar-refractivity contribution >= 4 is 11.9 Å². The van der Waals surface area contributed by atoms with Crippen LogP contribution in [0.15, 0.2) is 28.8 Å². The number of hydrogen-bond acceptors (Lipinski definition) is 6. The summed E-state index contributed by atoms with van der Waals surface area (Å²) in [5.74, 6) is 1.04. The average Bonchev–Trinajstić information content (AvgIpc) is 3.22. The van der Waals surface area contributed by atoms with Crippen LogP contribution in [-0.2, 0) is 11.3 Å². The molecule has 144 valence electrons. The Morgan fingerprint density at radius 3 is 2.63 bits per heavy atom. The van der Waals surface area contributed by atoms with Gasteiger partial charge in [0.05, 0.1) is 7.11 Å². The second-order valence-electron chi connectivity index (χ2n) is 6.65. The number of ether oxygens (including phenoxy) is 1. The number of hydrogen-bond donors (Lipinski definition) is 1. The van der Waals surface area contributed by atoms with E-state index in [2.05, 4.69) is 15.5 Å². The molecule has 8 heteroatoms. The number of carbonyl (C=O) groups is 2. The molecule has 2 aromatic rings. The van der Waals surface area contributed by atoms with E-state index in [4.69, 9.17) is 9.26 Å². The van der Waals surface area contributed by atoms with E-state index in [0.717, 1.165) is 23.3 Å². The van der Waals surface area contributed by atoms with Gasteiger partial charge in [-0.05, 0) is 25.0 Å². The second-order valence-corrected chi connectivity index (χ2v) is 6.65. The lowest BCUT2D eigenvalue weighted by atomic mass is 9.88. The zero-order chi connectivity index (χ0) is 19.4. The maximum atomic E-state index is 12.9. The molecule has 3 rings (SSSR count). The SMILES string of the molecule is CCCC1(CCC)NC(=O)N(Cc2nc(-c3cccc(OC)c3)no2)C1=O. The number of methoxy groups -OCH3 is 1. The molecule has 27 heavy (non-hydrogen) atoms. The molecule has 3 amide bonds. The molecule has 1 aliphatic heterocycles. The molecule has 0 bridgehead atoms. The fraction of sp³-hybridized carbons (Fsp3) is 0.474. The number of carbonyl (C=O) groups excluding carboxylic acids is 2.